The average Bonchev–Trinajstić information content (AvgIpc) is 3.71. The first-order valence-electron chi connectivity index (χ1n) is 15.3. The second-order valence-corrected chi connectivity index (χ2v) is 13.1. The predicted molar refractivity (Wildman–Crippen MR) is 147 cm³/mol. The van der Waals surface area contributed by atoms with Crippen molar-refractivity contribution >= 4 is 11.8 Å². The minimum atomic E-state index is -1.18. The van der Waals surface area contributed by atoms with Crippen molar-refractivity contribution in [2.75, 3.05) is 33.2 Å². The van der Waals surface area contributed by atoms with Gasteiger partial charge in [-0.25, -0.2) is 9.40 Å². The molecule has 2 amide bonds. The molecule has 2 aliphatic heterocycles. The van der Waals surface area contributed by atoms with Gasteiger partial charge in [-0.05, 0) is 87.3 Å². The molecule has 3 aliphatic carbocycles. The van der Waals surface area contributed by atoms with E-state index in [0.29, 0.717) is 62.5 Å². The third kappa shape index (κ3) is 4.80. The molecule has 2 N–H and O–H groups in total. The van der Waals surface area contributed by atoms with Gasteiger partial charge in [0.05, 0.1) is 0 Å². The largest absolute Gasteiger partial charge is 0.380 e. The van der Waals surface area contributed by atoms with Gasteiger partial charge >= 0.3 is 0 Å². The maximum atomic E-state index is 15.6. The van der Waals surface area contributed by atoms with Crippen LogP contribution < -0.4 is 5.43 Å². The summed E-state index contributed by atoms with van der Waals surface area (Å²) in [5, 5.41) is 12.6. The van der Waals surface area contributed by atoms with Crippen molar-refractivity contribution < 1.29 is 19.1 Å². The summed E-state index contributed by atoms with van der Waals surface area (Å²) >= 11 is 0. The number of rotatable bonds is 4. The van der Waals surface area contributed by atoms with Gasteiger partial charge in [-0.2, -0.15) is 0 Å². The maximum absolute atomic E-state index is 15.6. The van der Waals surface area contributed by atoms with Gasteiger partial charge in [-0.3, -0.25) is 15.0 Å². The summed E-state index contributed by atoms with van der Waals surface area (Å²) in [6, 6.07) is 5.44. The Morgan fingerprint density at radius 3 is 2.28 bits per heavy atom. The molecule has 214 valence electrons. The van der Waals surface area contributed by atoms with Crippen LogP contribution in [0.25, 0.3) is 0 Å². The van der Waals surface area contributed by atoms with Gasteiger partial charge in [-0.15, -0.1) is 0 Å². The number of aliphatic hydroxyl groups is 1. The van der Waals surface area contributed by atoms with Crippen LogP contribution in [0.4, 0.5) is 4.39 Å². The smallest absolute Gasteiger partial charge is 0.254 e. The first-order valence-corrected chi connectivity index (χ1v) is 15.3. The van der Waals surface area contributed by atoms with Gasteiger partial charge < -0.3 is 14.9 Å². The van der Waals surface area contributed by atoms with E-state index in [2.05, 4.69) is 24.4 Å². The van der Waals surface area contributed by atoms with Crippen molar-refractivity contribution in [1.29, 1.82) is 0 Å². The molecule has 8 heteroatoms. The highest BCUT2D eigenvalue weighted by atomic mass is 19.1. The molecule has 5 aliphatic rings. The molecule has 7 nitrogen and oxygen atoms in total. The average molecular weight is 541 g/mol. The van der Waals surface area contributed by atoms with Crippen LogP contribution in [-0.2, 0) is 4.79 Å². The molecule has 6 rings (SSSR count). The maximum Gasteiger partial charge on any atom is 0.254 e. The van der Waals surface area contributed by atoms with E-state index in [4.69, 9.17) is 0 Å². The summed E-state index contributed by atoms with van der Waals surface area (Å²) in [7, 11) is 2.23. The molecule has 39 heavy (non-hydrogen) atoms. The van der Waals surface area contributed by atoms with Gasteiger partial charge in [0.15, 0.2) is 0 Å². The Bertz CT molecular complexity index is 1090. The summed E-state index contributed by atoms with van der Waals surface area (Å²) < 4.78 is 15.6. The summed E-state index contributed by atoms with van der Waals surface area (Å²) in [4.78, 5) is 28.9. The lowest BCUT2D eigenvalue weighted by Gasteiger charge is -2.51. The van der Waals surface area contributed by atoms with E-state index in [1.165, 1.54) is 44.6 Å². The van der Waals surface area contributed by atoms with Gasteiger partial charge in [-0.1, -0.05) is 31.7 Å². The molecular formula is C31H45FN4O3. The van der Waals surface area contributed by atoms with Gasteiger partial charge in [0.25, 0.3) is 11.8 Å². The number of hydrogen-bond acceptors (Lipinski definition) is 5. The van der Waals surface area contributed by atoms with Crippen molar-refractivity contribution in [1.82, 2.24) is 20.2 Å². The minimum absolute atomic E-state index is 0.158. The number of nitrogens with zero attached hydrogens (tertiary/aromatic N) is 3. The molecule has 4 atom stereocenters. The third-order valence-electron chi connectivity index (χ3n) is 10.9. The third-order valence-corrected chi connectivity index (χ3v) is 10.9. The number of carbonyl (C=O) groups is 2. The topological polar surface area (TPSA) is 76.1 Å². The number of benzene rings is 1. The zero-order chi connectivity index (χ0) is 27.4. The molecule has 0 aromatic heterocycles. The first kappa shape index (κ1) is 27.2. The number of hydrazine groups is 1. The Hall–Kier alpha value is -2.03. The highest BCUT2D eigenvalue weighted by Gasteiger charge is 2.57. The second-order valence-electron chi connectivity index (χ2n) is 13.1. The van der Waals surface area contributed by atoms with E-state index in [1.54, 1.807) is 15.9 Å². The van der Waals surface area contributed by atoms with Crippen LogP contribution in [0.1, 0.15) is 99.4 Å². The van der Waals surface area contributed by atoms with Gasteiger partial charge in [0, 0.05) is 50.4 Å². The molecule has 2 saturated heterocycles. The lowest BCUT2D eigenvalue weighted by Crippen LogP contribution is -2.56. The standard InChI is InChI=1S/C31H45FN4O3/c1-21-26-19-22(11-12-31(26,34(2)33-21)24-7-5-3-4-6-8-24)25-10-9-23(20-27(25)32)28(37)35-15-17-36(18-16-35)29(38)30(39)13-14-30/h9-10,20-22,24,26,33,39H,3-8,11-19H2,1-2H3. The van der Waals surface area contributed by atoms with E-state index >= 15 is 4.39 Å². The van der Waals surface area contributed by atoms with E-state index in [-0.39, 0.29) is 29.1 Å². The summed E-state index contributed by atoms with van der Waals surface area (Å²) in [6.45, 7) is 3.89. The molecule has 1 aromatic rings. The number of amides is 2. The number of halogens is 1. The van der Waals surface area contributed by atoms with Crippen molar-refractivity contribution in [3.63, 3.8) is 0 Å². The number of fused-ring (bicyclic) bond motifs is 1. The number of piperazine rings is 1. The Kier molecular flexibility index (Phi) is 7.26. The molecule has 1 aromatic carbocycles. The minimum Gasteiger partial charge on any atom is -0.380 e. The van der Waals surface area contributed by atoms with Crippen LogP contribution in [0.5, 0.6) is 0 Å². The molecule has 2 heterocycles. The number of carbonyl (C=O) groups excluding carboxylic acids is 2. The van der Waals surface area contributed by atoms with E-state index < -0.39 is 5.60 Å². The Morgan fingerprint density at radius 2 is 1.64 bits per heavy atom. The van der Waals surface area contributed by atoms with Crippen molar-refractivity contribution in [2.24, 2.45) is 11.8 Å². The van der Waals surface area contributed by atoms with Crippen molar-refractivity contribution in [3.05, 3.63) is 35.1 Å². The van der Waals surface area contributed by atoms with Crippen molar-refractivity contribution in [3.8, 4) is 0 Å². The van der Waals surface area contributed by atoms with Crippen LogP contribution in [0.2, 0.25) is 0 Å². The Labute approximate surface area is 232 Å². The number of nitrogens with one attached hydrogen (secondary N) is 1. The highest BCUT2D eigenvalue weighted by molar-refractivity contribution is 5.94. The summed E-state index contributed by atoms with van der Waals surface area (Å²) in [5.41, 5.74) is 3.83. The molecule has 3 saturated carbocycles. The van der Waals surface area contributed by atoms with Crippen LogP contribution >= 0.6 is 0 Å². The van der Waals surface area contributed by atoms with Crippen LogP contribution in [0, 0.1) is 17.7 Å². The Balaban J connectivity index is 1.13. The molecule has 0 radical (unpaired) electrons. The second kappa shape index (κ2) is 10.4. The first-order chi connectivity index (χ1) is 18.7. The predicted octanol–water partition coefficient (Wildman–Crippen LogP) is 4.07. The quantitative estimate of drug-likeness (QED) is 0.564. The van der Waals surface area contributed by atoms with E-state index in [9.17, 15) is 14.7 Å². The van der Waals surface area contributed by atoms with Crippen LogP contribution in [0.15, 0.2) is 18.2 Å². The van der Waals surface area contributed by atoms with Gasteiger partial charge in [0.1, 0.15) is 11.4 Å². The lowest BCUT2D eigenvalue weighted by atomic mass is 9.59. The monoisotopic (exact) mass is 540 g/mol. The molecule has 4 unspecified atom stereocenters. The fourth-order valence-electron chi connectivity index (χ4n) is 8.54. The van der Waals surface area contributed by atoms with E-state index in [1.807, 2.05) is 6.07 Å². The van der Waals surface area contributed by atoms with Crippen LogP contribution in [0.3, 0.4) is 0 Å². The molecule has 0 bridgehead atoms. The number of hydrogen-bond donors (Lipinski definition) is 2. The van der Waals surface area contributed by atoms with Crippen molar-refractivity contribution in [2.45, 2.75) is 101 Å². The Morgan fingerprint density at radius 1 is 0.974 bits per heavy atom. The molecular weight excluding hydrogens is 495 g/mol. The molecule has 0 spiro atoms. The fraction of sp³-hybridized carbons (Fsp3) is 0.742. The van der Waals surface area contributed by atoms with Gasteiger partial charge in [0.2, 0.25) is 0 Å². The SMILES string of the molecule is CC1NN(C)C2(C3CCCCCC3)CCC(c3ccc(C(=O)N4CCN(C(=O)C5(O)CC5)CC4)cc3F)CC12. The van der Waals surface area contributed by atoms with E-state index in [0.717, 1.165) is 24.8 Å². The summed E-state index contributed by atoms with van der Waals surface area (Å²) in [6.07, 6.45) is 12.0. The summed E-state index contributed by atoms with van der Waals surface area (Å²) in [5.74, 6) is 0.655. The zero-order valence-corrected chi connectivity index (χ0v) is 23.6. The lowest BCUT2D eigenvalue weighted by molar-refractivity contribution is -0.143. The fourth-order valence-corrected chi connectivity index (χ4v) is 8.54. The normalized spacial score (nSPS) is 33.5. The highest BCUT2D eigenvalue weighted by Crippen LogP contribution is 2.54. The zero-order valence-electron chi connectivity index (χ0n) is 23.6. The van der Waals surface area contributed by atoms with Crippen LogP contribution in [-0.4, -0.2) is 82.1 Å². The molecule has 5 fully saturated rings.